The number of benzene rings is 2. The molecule has 0 unspecified atom stereocenters. The Morgan fingerprint density at radius 3 is 2.39 bits per heavy atom. The van der Waals surface area contributed by atoms with Gasteiger partial charge in [-0.15, -0.1) is 0 Å². The molecule has 0 aliphatic carbocycles. The molecular formula is C16H18N2. The Hall–Kier alpha value is -1.96. The van der Waals surface area contributed by atoms with Gasteiger partial charge in [0.25, 0.3) is 0 Å². The first kappa shape index (κ1) is 11.1. The molecule has 0 fully saturated rings. The summed E-state index contributed by atoms with van der Waals surface area (Å²) in [6.07, 6.45) is 2.39. The van der Waals surface area contributed by atoms with Gasteiger partial charge in [0.1, 0.15) is 0 Å². The van der Waals surface area contributed by atoms with E-state index in [2.05, 4.69) is 41.3 Å². The Labute approximate surface area is 108 Å². The first-order valence-electron chi connectivity index (χ1n) is 6.50. The van der Waals surface area contributed by atoms with E-state index in [1.807, 2.05) is 12.1 Å². The molecular weight excluding hydrogens is 220 g/mol. The van der Waals surface area contributed by atoms with Crippen molar-refractivity contribution in [2.75, 3.05) is 17.2 Å². The van der Waals surface area contributed by atoms with Crippen molar-refractivity contribution in [3.05, 3.63) is 59.7 Å². The lowest BCUT2D eigenvalue weighted by Gasteiger charge is -2.23. The summed E-state index contributed by atoms with van der Waals surface area (Å²) in [5.74, 6) is 0. The zero-order chi connectivity index (χ0) is 12.4. The van der Waals surface area contributed by atoms with E-state index >= 15 is 0 Å². The smallest absolute Gasteiger partial charge is 0.0432 e. The summed E-state index contributed by atoms with van der Waals surface area (Å²) in [5.41, 5.74) is 10.8. The second-order valence-corrected chi connectivity index (χ2v) is 4.89. The second kappa shape index (κ2) is 4.73. The number of rotatable bonds is 1. The van der Waals surface area contributed by atoms with Crippen LogP contribution in [0.4, 0.5) is 11.4 Å². The van der Waals surface area contributed by atoms with Gasteiger partial charge >= 0.3 is 0 Å². The highest BCUT2D eigenvalue weighted by Crippen LogP contribution is 2.24. The van der Waals surface area contributed by atoms with Gasteiger partial charge < -0.3 is 10.6 Å². The van der Waals surface area contributed by atoms with Gasteiger partial charge in [-0.2, -0.15) is 0 Å². The average Bonchev–Trinajstić information content (AvgIpc) is 2.61. The fourth-order valence-corrected chi connectivity index (χ4v) is 2.61. The predicted octanol–water partition coefficient (Wildman–Crippen LogP) is 3.22. The molecule has 0 aromatic heterocycles. The topological polar surface area (TPSA) is 29.3 Å². The number of hydrogen-bond acceptors (Lipinski definition) is 2. The van der Waals surface area contributed by atoms with Crippen molar-refractivity contribution in [2.24, 2.45) is 0 Å². The third-order valence-corrected chi connectivity index (χ3v) is 3.61. The summed E-state index contributed by atoms with van der Waals surface area (Å²) in [5, 5.41) is 0. The Kier molecular flexibility index (Phi) is 2.93. The van der Waals surface area contributed by atoms with Gasteiger partial charge in [0.05, 0.1) is 0 Å². The summed E-state index contributed by atoms with van der Waals surface area (Å²) in [6.45, 7) is 2.11. The molecule has 1 aliphatic rings. The maximum Gasteiger partial charge on any atom is 0.0432 e. The van der Waals surface area contributed by atoms with Crippen molar-refractivity contribution in [3.8, 4) is 0 Å². The van der Waals surface area contributed by atoms with Crippen molar-refractivity contribution < 1.29 is 0 Å². The maximum atomic E-state index is 5.75. The summed E-state index contributed by atoms with van der Waals surface area (Å²) in [6, 6.07) is 16.9. The molecule has 92 valence electrons. The van der Waals surface area contributed by atoms with E-state index in [1.165, 1.54) is 29.7 Å². The lowest BCUT2D eigenvalue weighted by molar-refractivity contribution is 0.766. The zero-order valence-electron chi connectivity index (χ0n) is 10.5. The van der Waals surface area contributed by atoms with Gasteiger partial charge in [0.15, 0.2) is 0 Å². The third-order valence-electron chi connectivity index (χ3n) is 3.61. The lowest BCUT2D eigenvalue weighted by atomic mass is 10.0. The van der Waals surface area contributed by atoms with Crippen LogP contribution in [0.25, 0.3) is 0 Å². The molecule has 2 aromatic rings. The minimum atomic E-state index is 0.828. The maximum absolute atomic E-state index is 5.75. The van der Waals surface area contributed by atoms with E-state index in [9.17, 15) is 0 Å². The van der Waals surface area contributed by atoms with Crippen LogP contribution in [0.1, 0.15) is 17.5 Å². The molecule has 0 saturated carbocycles. The highest BCUT2D eigenvalue weighted by atomic mass is 15.1. The van der Waals surface area contributed by atoms with E-state index in [4.69, 9.17) is 5.73 Å². The van der Waals surface area contributed by atoms with Gasteiger partial charge in [-0.05, 0) is 48.2 Å². The standard InChI is InChI=1S/C16H18N2/c17-15-7-9-16(10-8-15)18-11-3-6-13-4-1-2-5-14(13)12-18/h1-2,4-5,7-10H,3,6,11-12,17H2. The number of nitrogen functional groups attached to an aromatic ring is 1. The first-order chi connectivity index (χ1) is 8.83. The predicted molar refractivity (Wildman–Crippen MR) is 76.7 cm³/mol. The van der Waals surface area contributed by atoms with Gasteiger partial charge in [-0.25, -0.2) is 0 Å². The van der Waals surface area contributed by atoms with Crippen LogP contribution in [0.2, 0.25) is 0 Å². The highest BCUT2D eigenvalue weighted by molar-refractivity contribution is 5.54. The summed E-state index contributed by atoms with van der Waals surface area (Å²) >= 11 is 0. The van der Waals surface area contributed by atoms with Crippen molar-refractivity contribution in [1.29, 1.82) is 0 Å². The van der Waals surface area contributed by atoms with Crippen LogP contribution >= 0.6 is 0 Å². The van der Waals surface area contributed by atoms with Crippen LogP contribution in [-0.2, 0) is 13.0 Å². The Morgan fingerprint density at radius 1 is 0.889 bits per heavy atom. The van der Waals surface area contributed by atoms with E-state index in [0.717, 1.165) is 18.8 Å². The average molecular weight is 238 g/mol. The first-order valence-corrected chi connectivity index (χ1v) is 6.50. The lowest BCUT2D eigenvalue weighted by Crippen LogP contribution is -2.22. The second-order valence-electron chi connectivity index (χ2n) is 4.89. The van der Waals surface area contributed by atoms with Crippen LogP contribution < -0.4 is 10.6 Å². The number of nitrogens with zero attached hydrogens (tertiary/aromatic N) is 1. The minimum absolute atomic E-state index is 0.828. The Balaban J connectivity index is 1.89. The Bertz CT molecular complexity index is 531. The van der Waals surface area contributed by atoms with Crippen LogP contribution in [0.15, 0.2) is 48.5 Å². The molecule has 0 radical (unpaired) electrons. The van der Waals surface area contributed by atoms with Crippen LogP contribution in [-0.4, -0.2) is 6.54 Å². The number of nitrogens with two attached hydrogens (primary N) is 1. The third kappa shape index (κ3) is 2.19. The number of fused-ring (bicyclic) bond motifs is 1. The molecule has 0 amide bonds. The molecule has 3 rings (SSSR count). The molecule has 2 N–H and O–H groups in total. The molecule has 2 heteroatoms. The van der Waals surface area contributed by atoms with Gasteiger partial charge in [0.2, 0.25) is 0 Å². The Morgan fingerprint density at radius 2 is 1.61 bits per heavy atom. The number of aryl methyl sites for hydroxylation is 1. The molecule has 0 bridgehead atoms. The van der Waals surface area contributed by atoms with E-state index in [1.54, 1.807) is 0 Å². The molecule has 0 saturated heterocycles. The molecule has 2 nitrogen and oxygen atoms in total. The van der Waals surface area contributed by atoms with Gasteiger partial charge in [0, 0.05) is 24.5 Å². The largest absolute Gasteiger partial charge is 0.399 e. The minimum Gasteiger partial charge on any atom is -0.399 e. The van der Waals surface area contributed by atoms with E-state index < -0.39 is 0 Å². The molecule has 0 atom stereocenters. The SMILES string of the molecule is Nc1ccc(N2CCCc3ccccc3C2)cc1. The fraction of sp³-hybridized carbons (Fsp3) is 0.250. The number of anilines is 2. The summed E-state index contributed by atoms with van der Waals surface area (Å²) in [7, 11) is 0. The summed E-state index contributed by atoms with van der Waals surface area (Å²) < 4.78 is 0. The molecule has 18 heavy (non-hydrogen) atoms. The van der Waals surface area contributed by atoms with Crippen LogP contribution in [0.5, 0.6) is 0 Å². The number of hydrogen-bond donors (Lipinski definition) is 1. The van der Waals surface area contributed by atoms with Crippen molar-refractivity contribution in [3.63, 3.8) is 0 Å². The molecule has 0 spiro atoms. The van der Waals surface area contributed by atoms with Gasteiger partial charge in [-0.3, -0.25) is 0 Å². The normalized spacial score (nSPS) is 15.0. The van der Waals surface area contributed by atoms with E-state index in [-0.39, 0.29) is 0 Å². The van der Waals surface area contributed by atoms with Crippen molar-refractivity contribution >= 4 is 11.4 Å². The summed E-state index contributed by atoms with van der Waals surface area (Å²) in [4.78, 5) is 2.44. The van der Waals surface area contributed by atoms with Gasteiger partial charge in [-0.1, -0.05) is 24.3 Å². The van der Waals surface area contributed by atoms with Crippen LogP contribution in [0.3, 0.4) is 0 Å². The molecule has 2 aromatic carbocycles. The van der Waals surface area contributed by atoms with Crippen molar-refractivity contribution in [2.45, 2.75) is 19.4 Å². The quantitative estimate of drug-likeness (QED) is 0.773. The van der Waals surface area contributed by atoms with Crippen molar-refractivity contribution in [1.82, 2.24) is 0 Å². The molecule has 1 aliphatic heterocycles. The zero-order valence-corrected chi connectivity index (χ0v) is 10.5. The monoisotopic (exact) mass is 238 g/mol. The van der Waals surface area contributed by atoms with E-state index in [0.29, 0.717) is 0 Å². The fourth-order valence-electron chi connectivity index (χ4n) is 2.61. The molecule has 1 heterocycles. The van der Waals surface area contributed by atoms with Crippen LogP contribution in [0, 0.1) is 0 Å². The highest BCUT2D eigenvalue weighted by Gasteiger charge is 2.13.